The van der Waals surface area contributed by atoms with Gasteiger partial charge in [0.25, 0.3) is 0 Å². The maximum absolute atomic E-state index is 10.0. The van der Waals surface area contributed by atoms with Crippen LogP contribution in [0.15, 0.2) is 0 Å². The highest BCUT2D eigenvalue weighted by atomic mass is 16.5. The molecule has 0 fully saturated rings. The lowest BCUT2D eigenvalue weighted by atomic mass is 10.4. The second kappa shape index (κ2) is 10.4. The summed E-state index contributed by atoms with van der Waals surface area (Å²) in [7, 11) is 0. The lowest BCUT2D eigenvalue weighted by Crippen LogP contribution is -2.12. The molecule has 0 rings (SSSR count). The Morgan fingerprint density at radius 3 is 2.08 bits per heavy atom. The number of esters is 1. The van der Waals surface area contributed by atoms with Gasteiger partial charge in [-0.1, -0.05) is 6.92 Å². The van der Waals surface area contributed by atoms with E-state index < -0.39 is 6.10 Å². The van der Waals surface area contributed by atoms with Crippen LogP contribution in [0, 0.1) is 0 Å². The normalized spacial score (nSPS) is 11.1. The van der Waals surface area contributed by atoms with Gasteiger partial charge in [-0.25, -0.2) is 0 Å². The molecule has 0 aromatic heterocycles. The van der Waals surface area contributed by atoms with Crippen LogP contribution in [-0.4, -0.2) is 35.5 Å². The van der Waals surface area contributed by atoms with Crippen LogP contribution in [0.2, 0.25) is 0 Å². The van der Waals surface area contributed by atoms with E-state index in [1.54, 1.807) is 6.92 Å². The Balaban J connectivity index is 0. The molecule has 12 heavy (non-hydrogen) atoms. The van der Waals surface area contributed by atoms with E-state index in [4.69, 9.17) is 10.2 Å². The largest absolute Gasteiger partial charge is 0.463 e. The summed E-state index contributed by atoms with van der Waals surface area (Å²) in [5.41, 5.74) is 0. The summed E-state index contributed by atoms with van der Waals surface area (Å²) in [6.07, 6.45) is 0.318. The van der Waals surface area contributed by atoms with E-state index in [9.17, 15) is 4.79 Å². The molecule has 0 saturated carbocycles. The van der Waals surface area contributed by atoms with Gasteiger partial charge in [0.1, 0.15) is 6.61 Å². The minimum absolute atomic E-state index is 0.0926. The lowest BCUT2D eigenvalue weighted by molar-refractivity contribution is -0.143. The van der Waals surface area contributed by atoms with Crippen molar-refractivity contribution >= 4 is 5.97 Å². The smallest absolute Gasteiger partial charge is 0.302 e. The van der Waals surface area contributed by atoms with Gasteiger partial charge in [-0.15, -0.1) is 0 Å². The SMILES string of the molecule is CC(=O)OCC(C)O.CCCO. The fourth-order valence-electron chi connectivity index (χ4n) is 0.238. The van der Waals surface area contributed by atoms with Crippen molar-refractivity contribution in [3.63, 3.8) is 0 Å². The Morgan fingerprint density at radius 1 is 1.58 bits per heavy atom. The third-order valence-electron chi connectivity index (χ3n) is 0.751. The minimum Gasteiger partial charge on any atom is -0.463 e. The number of rotatable bonds is 3. The van der Waals surface area contributed by atoms with Crippen LogP contribution in [0.1, 0.15) is 27.2 Å². The molecule has 0 radical (unpaired) electrons. The van der Waals surface area contributed by atoms with Crippen molar-refractivity contribution in [2.75, 3.05) is 13.2 Å². The number of aliphatic hydroxyl groups excluding tert-OH is 2. The predicted molar refractivity (Wildman–Crippen MR) is 45.7 cm³/mol. The van der Waals surface area contributed by atoms with Crippen molar-refractivity contribution in [2.24, 2.45) is 0 Å². The predicted octanol–water partition coefficient (Wildman–Crippen LogP) is 0.319. The molecule has 0 aromatic carbocycles. The van der Waals surface area contributed by atoms with Gasteiger partial charge in [0.05, 0.1) is 6.10 Å². The highest BCUT2D eigenvalue weighted by Gasteiger charge is 1.96. The van der Waals surface area contributed by atoms with Crippen molar-refractivity contribution in [1.82, 2.24) is 0 Å². The molecular weight excluding hydrogens is 160 g/mol. The quantitative estimate of drug-likeness (QED) is 0.611. The van der Waals surface area contributed by atoms with Crippen molar-refractivity contribution in [1.29, 1.82) is 0 Å². The molecule has 1 atom stereocenters. The molecule has 1 unspecified atom stereocenters. The first-order chi connectivity index (χ1) is 5.54. The van der Waals surface area contributed by atoms with Gasteiger partial charge in [-0.3, -0.25) is 4.79 Å². The maximum atomic E-state index is 10.0. The molecule has 4 heteroatoms. The molecule has 0 bridgehead atoms. The number of carbonyl (C=O) groups excluding carboxylic acids is 1. The van der Waals surface area contributed by atoms with E-state index in [0.717, 1.165) is 6.42 Å². The van der Waals surface area contributed by atoms with E-state index in [2.05, 4.69) is 4.74 Å². The van der Waals surface area contributed by atoms with Crippen molar-refractivity contribution in [3.05, 3.63) is 0 Å². The van der Waals surface area contributed by atoms with Crippen LogP contribution < -0.4 is 0 Å². The van der Waals surface area contributed by atoms with E-state index in [1.807, 2.05) is 6.92 Å². The highest BCUT2D eigenvalue weighted by molar-refractivity contribution is 5.65. The first-order valence-electron chi connectivity index (χ1n) is 3.96. The summed E-state index contributed by atoms with van der Waals surface area (Å²) < 4.78 is 4.41. The number of carbonyl (C=O) groups is 1. The molecule has 0 spiro atoms. The second-order valence-electron chi connectivity index (χ2n) is 2.38. The lowest BCUT2D eigenvalue weighted by Gasteiger charge is -2.01. The zero-order valence-electron chi connectivity index (χ0n) is 7.91. The number of hydrogen-bond acceptors (Lipinski definition) is 4. The molecule has 0 aliphatic rings. The van der Waals surface area contributed by atoms with E-state index in [-0.39, 0.29) is 12.6 Å². The van der Waals surface area contributed by atoms with Crippen LogP contribution in [0.4, 0.5) is 0 Å². The molecule has 2 N–H and O–H groups in total. The third-order valence-corrected chi connectivity index (χ3v) is 0.751. The van der Waals surface area contributed by atoms with Crippen molar-refractivity contribution in [2.45, 2.75) is 33.3 Å². The molecule has 74 valence electrons. The van der Waals surface area contributed by atoms with Crippen LogP contribution in [0.25, 0.3) is 0 Å². The molecule has 0 amide bonds. The Kier molecular flexibility index (Phi) is 12.1. The monoisotopic (exact) mass is 178 g/mol. The van der Waals surface area contributed by atoms with E-state index >= 15 is 0 Å². The van der Waals surface area contributed by atoms with Gasteiger partial charge >= 0.3 is 5.97 Å². The summed E-state index contributed by atoms with van der Waals surface area (Å²) in [5, 5.41) is 16.4. The van der Waals surface area contributed by atoms with E-state index in [0.29, 0.717) is 6.61 Å². The zero-order valence-corrected chi connectivity index (χ0v) is 7.91. The Hall–Kier alpha value is -0.610. The van der Waals surface area contributed by atoms with Crippen LogP contribution in [0.3, 0.4) is 0 Å². The summed E-state index contributed by atoms with van der Waals surface area (Å²) >= 11 is 0. The van der Waals surface area contributed by atoms with Gasteiger partial charge in [-0.2, -0.15) is 0 Å². The Morgan fingerprint density at radius 2 is 2.00 bits per heavy atom. The van der Waals surface area contributed by atoms with Crippen molar-refractivity contribution < 1.29 is 19.7 Å². The number of aliphatic hydroxyl groups is 2. The van der Waals surface area contributed by atoms with Gasteiger partial charge < -0.3 is 14.9 Å². The average molecular weight is 178 g/mol. The van der Waals surface area contributed by atoms with Crippen LogP contribution >= 0.6 is 0 Å². The molecule has 4 nitrogen and oxygen atoms in total. The van der Waals surface area contributed by atoms with Gasteiger partial charge in [0.15, 0.2) is 0 Å². The maximum Gasteiger partial charge on any atom is 0.302 e. The van der Waals surface area contributed by atoms with Crippen LogP contribution in [0.5, 0.6) is 0 Å². The molecule has 0 saturated heterocycles. The van der Waals surface area contributed by atoms with Gasteiger partial charge in [-0.05, 0) is 13.3 Å². The number of hydrogen-bond donors (Lipinski definition) is 2. The summed E-state index contributed by atoms with van der Waals surface area (Å²) in [5.74, 6) is -0.356. The highest BCUT2D eigenvalue weighted by Crippen LogP contribution is 1.81. The minimum atomic E-state index is -0.557. The van der Waals surface area contributed by atoms with Crippen molar-refractivity contribution in [3.8, 4) is 0 Å². The van der Waals surface area contributed by atoms with Gasteiger partial charge in [0, 0.05) is 13.5 Å². The summed E-state index contributed by atoms with van der Waals surface area (Å²) in [6, 6.07) is 0. The Labute approximate surface area is 73.2 Å². The molecule has 0 aliphatic heterocycles. The second-order valence-corrected chi connectivity index (χ2v) is 2.38. The third kappa shape index (κ3) is 22.8. The average Bonchev–Trinajstić information content (AvgIpc) is 2.01. The summed E-state index contributed by atoms with van der Waals surface area (Å²) in [6.45, 7) is 5.21. The number of ether oxygens (including phenoxy) is 1. The molecule has 0 aliphatic carbocycles. The standard InChI is InChI=1S/C5H10O3.C3H8O/c1-4(6)3-8-5(2)7;1-2-3-4/h4,6H,3H2,1-2H3;4H,2-3H2,1H3. The molecular formula is C8H18O4. The topological polar surface area (TPSA) is 66.8 Å². The summed E-state index contributed by atoms with van der Waals surface area (Å²) in [4.78, 5) is 10.0. The van der Waals surface area contributed by atoms with Crippen LogP contribution in [-0.2, 0) is 9.53 Å². The first-order valence-corrected chi connectivity index (χ1v) is 3.96. The Bertz CT molecular complexity index is 99.2. The zero-order chi connectivity index (χ0) is 9.98. The van der Waals surface area contributed by atoms with Gasteiger partial charge in [0.2, 0.25) is 0 Å². The fourth-order valence-corrected chi connectivity index (χ4v) is 0.238. The fraction of sp³-hybridized carbons (Fsp3) is 0.875. The molecule has 0 aromatic rings. The molecule has 0 heterocycles. The first kappa shape index (κ1) is 13.9. The van der Waals surface area contributed by atoms with E-state index in [1.165, 1.54) is 6.92 Å².